The summed E-state index contributed by atoms with van der Waals surface area (Å²) < 4.78 is 15.5. The molecule has 100 valence electrons. The topological polar surface area (TPSA) is 69.6 Å². The van der Waals surface area contributed by atoms with Crippen LogP contribution in [0.15, 0.2) is 42.5 Å². The summed E-state index contributed by atoms with van der Waals surface area (Å²) in [6.45, 7) is 1.94. The summed E-state index contributed by atoms with van der Waals surface area (Å²) in [7, 11) is 0. The summed E-state index contributed by atoms with van der Waals surface area (Å²) in [6, 6.07) is 12.1. The van der Waals surface area contributed by atoms with Gasteiger partial charge in [0, 0.05) is 5.69 Å². The predicted octanol–water partition coefficient (Wildman–Crippen LogP) is 2.36. The molecule has 0 radical (unpaired) electrons. The van der Waals surface area contributed by atoms with Crippen LogP contribution in [-0.4, -0.2) is 20.2 Å². The Kier molecular flexibility index (Phi) is 2.90. The Morgan fingerprint density at radius 2 is 1.95 bits per heavy atom. The molecule has 20 heavy (non-hydrogen) atoms. The lowest BCUT2D eigenvalue weighted by molar-refractivity contribution is 0.629. The highest BCUT2D eigenvalue weighted by molar-refractivity contribution is 5.61. The minimum absolute atomic E-state index is 0.312. The number of hydrogen-bond acceptors (Lipinski definition) is 4. The van der Waals surface area contributed by atoms with E-state index in [1.54, 1.807) is 12.1 Å². The van der Waals surface area contributed by atoms with E-state index in [4.69, 9.17) is 5.73 Å². The van der Waals surface area contributed by atoms with Gasteiger partial charge < -0.3 is 5.73 Å². The van der Waals surface area contributed by atoms with Crippen LogP contribution in [-0.2, 0) is 0 Å². The number of benzene rings is 2. The Balaban J connectivity index is 2.18. The van der Waals surface area contributed by atoms with Crippen molar-refractivity contribution in [1.82, 2.24) is 20.2 Å². The van der Waals surface area contributed by atoms with Gasteiger partial charge in [0.05, 0.1) is 11.3 Å². The fourth-order valence-electron chi connectivity index (χ4n) is 2.03. The first kappa shape index (κ1) is 12.3. The van der Waals surface area contributed by atoms with E-state index in [9.17, 15) is 4.39 Å². The van der Waals surface area contributed by atoms with E-state index in [1.807, 2.05) is 31.2 Å². The standard InChI is InChI=1S/C14H12FN5/c1-9-4-2-3-5-13(9)20-14(17-18-19-20)11-7-6-10(16)8-12(11)15/h2-8H,16H2,1H3. The number of aryl methyl sites for hydroxylation is 1. The molecule has 5 nitrogen and oxygen atoms in total. The lowest BCUT2D eigenvalue weighted by atomic mass is 10.1. The molecular weight excluding hydrogens is 257 g/mol. The summed E-state index contributed by atoms with van der Waals surface area (Å²) in [5, 5.41) is 11.5. The van der Waals surface area contributed by atoms with Gasteiger partial charge in [-0.3, -0.25) is 0 Å². The van der Waals surface area contributed by atoms with Gasteiger partial charge in [-0.15, -0.1) is 5.10 Å². The number of nitrogens with zero attached hydrogens (tertiary/aromatic N) is 4. The van der Waals surface area contributed by atoms with Crippen LogP contribution < -0.4 is 5.73 Å². The third-order valence-electron chi connectivity index (χ3n) is 3.05. The van der Waals surface area contributed by atoms with Gasteiger partial charge in [-0.1, -0.05) is 18.2 Å². The van der Waals surface area contributed by atoms with Crippen molar-refractivity contribution >= 4 is 5.69 Å². The first-order chi connectivity index (χ1) is 9.66. The molecule has 0 atom stereocenters. The van der Waals surface area contributed by atoms with E-state index in [0.717, 1.165) is 11.3 Å². The second-order valence-electron chi connectivity index (χ2n) is 4.44. The molecule has 3 rings (SSSR count). The van der Waals surface area contributed by atoms with Crippen molar-refractivity contribution in [3.63, 3.8) is 0 Å². The fourth-order valence-corrected chi connectivity index (χ4v) is 2.03. The zero-order valence-electron chi connectivity index (χ0n) is 10.8. The second kappa shape index (κ2) is 4.73. The maximum Gasteiger partial charge on any atom is 0.190 e. The highest BCUT2D eigenvalue weighted by Crippen LogP contribution is 2.25. The van der Waals surface area contributed by atoms with E-state index in [0.29, 0.717) is 17.1 Å². The van der Waals surface area contributed by atoms with Crippen molar-refractivity contribution in [2.75, 3.05) is 5.73 Å². The number of rotatable bonds is 2. The van der Waals surface area contributed by atoms with Crippen molar-refractivity contribution in [1.29, 1.82) is 0 Å². The van der Waals surface area contributed by atoms with Crippen LogP contribution in [0, 0.1) is 12.7 Å². The number of nitrogen functional groups attached to an aromatic ring is 1. The molecule has 0 fully saturated rings. The van der Waals surface area contributed by atoms with E-state index < -0.39 is 5.82 Å². The Hall–Kier alpha value is -2.76. The molecule has 0 spiro atoms. The minimum Gasteiger partial charge on any atom is -0.399 e. The van der Waals surface area contributed by atoms with Crippen molar-refractivity contribution < 1.29 is 4.39 Å². The molecule has 2 N–H and O–H groups in total. The van der Waals surface area contributed by atoms with Crippen LogP contribution in [0.3, 0.4) is 0 Å². The molecule has 0 aliphatic carbocycles. The molecule has 0 bridgehead atoms. The van der Waals surface area contributed by atoms with Crippen LogP contribution in [0.2, 0.25) is 0 Å². The average molecular weight is 269 g/mol. The van der Waals surface area contributed by atoms with Gasteiger partial charge in [-0.05, 0) is 47.2 Å². The summed E-state index contributed by atoms with van der Waals surface area (Å²) in [6.07, 6.45) is 0. The Bertz CT molecular complexity index is 766. The van der Waals surface area contributed by atoms with Gasteiger partial charge in [-0.2, -0.15) is 4.68 Å². The van der Waals surface area contributed by atoms with Crippen molar-refractivity contribution in [3.8, 4) is 17.1 Å². The Morgan fingerprint density at radius 3 is 2.70 bits per heavy atom. The molecule has 0 aliphatic heterocycles. The monoisotopic (exact) mass is 269 g/mol. The molecule has 0 unspecified atom stereocenters. The Morgan fingerprint density at radius 1 is 1.15 bits per heavy atom. The minimum atomic E-state index is -0.449. The number of tetrazole rings is 1. The zero-order chi connectivity index (χ0) is 14.1. The summed E-state index contributed by atoms with van der Waals surface area (Å²) in [4.78, 5) is 0. The molecule has 6 heteroatoms. The second-order valence-corrected chi connectivity index (χ2v) is 4.44. The largest absolute Gasteiger partial charge is 0.399 e. The van der Waals surface area contributed by atoms with E-state index in [1.165, 1.54) is 10.7 Å². The molecule has 2 aromatic carbocycles. The van der Waals surface area contributed by atoms with Gasteiger partial charge in [0.2, 0.25) is 0 Å². The summed E-state index contributed by atoms with van der Waals surface area (Å²) in [5.41, 5.74) is 8.04. The average Bonchev–Trinajstić information content (AvgIpc) is 2.88. The number of para-hydroxylation sites is 1. The van der Waals surface area contributed by atoms with Crippen LogP contribution in [0.5, 0.6) is 0 Å². The lowest BCUT2D eigenvalue weighted by Crippen LogP contribution is -2.03. The van der Waals surface area contributed by atoms with E-state index in [2.05, 4.69) is 15.5 Å². The van der Waals surface area contributed by atoms with Gasteiger partial charge >= 0.3 is 0 Å². The van der Waals surface area contributed by atoms with Gasteiger partial charge in [-0.25, -0.2) is 4.39 Å². The molecule has 1 aromatic heterocycles. The normalized spacial score (nSPS) is 10.7. The maximum absolute atomic E-state index is 14.0. The molecular formula is C14H12FN5. The number of halogens is 1. The molecule has 0 saturated heterocycles. The van der Waals surface area contributed by atoms with Crippen LogP contribution in [0.4, 0.5) is 10.1 Å². The molecule has 0 saturated carbocycles. The highest BCUT2D eigenvalue weighted by atomic mass is 19.1. The molecule has 0 amide bonds. The first-order valence-electron chi connectivity index (χ1n) is 6.06. The van der Waals surface area contributed by atoms with Crippen LogP contribution in [0.1, 0.15) is 5.56 Å². The third-order valence-corrected chi connectivity index (χ3v) is 3.05. The van der Waals surface area contributed by atoms with Gasteiger partial charge in [0.1, 0.15) is 5.82 Å². The Labute approximate surface area is 114 Å². The summed E-state index contributed by atoms with van der Waals surface area (Å²) in [5.74, 6) is -0.105. The maximum atomic E-state index is 14.0. The van der Waals surface area contributed by atoms with Crippen LogP contribution in [0.25, 0.3) is 17.1 Å². The quantitative estimate of drug-likeness (QED) is 0.725. The van der Waals surface area contributed by atoms with Crippen molar-refractivity contribution in [3.05, 3.63) is 53.8 Å². The molecule has 0 aliphatic rings. The smallest absolute Gasteiger partial charge is 0.190 e. The lowest BCUT2D eigenvalue weighted by Gasteiger charge is -2.08. The number of anilines is 1. The molecule has 3 aromatic rings. The molecule has 1 heterocycles. The van der Waals surface area contributed by atoms with E-state index in [-0.39, 0.29) is 0 Å². The first-order valence-corrected chi connectivity index (χ1v) is 6.06. The zero-order valence-corrected chi connectivity index (χ0v) is 10.8. The number of nitrogens with two attached hydrogens (primary N) is 1. The summed E-state index contributed by atoms with van der Waals surface area (Å²) >= 11 is 0. The fraction of sp³-hybridized carbons (Fsp3) is 0.0714. The van der Waals surface area contributed by atoms with E-state index >= 15 is 0 Å². The number of aromatic nitrogens is 4. The van der Waals surface area contributed by atoms with Crippen LogP contribution >= 0.6 is 0 Å². The van der Waals surface area contributed by atoms with Crippen molar-refractivity contribution in [2.24, 2.45) is 0 Å². The third kappa shape index (κ3) is 2.01. The van der Waals surface area contributed by atoms with Crippen molar-refractivity contribution in [2.45, 2.75) is 6.92 Å². The van der Waals surface area contributed by atoms with Gasteiger partial charge in [0.15, 0.2) is 5.82 Å². The highest BCUT2D eigenvalue weighted by Gasteiger charge is 2.15. The van der Waals surface area contributed by atoms with Gasteiger partial charge in [0.25, 0.3) is 0 Å². The number of hydrogen-bond donors (Lipinski definition) is 1. The SMILES string of the molecule is Cc1ccccc1-n1nnnc1-c1ccc(N)cc1F. The predicted molar refractivity (Wildman–Crippen MR) is 73.7 cm³/mol.